The lowest BCUT2D eigenvalue weighted by Crippen LogP contribution is -2.24. The van der Waals surface area contributed by atoms with Crippen LogP contribution in [-0.4, -0.2) is 23.8 Å². The molecule has 0 aliphatic heterocycles. The van der Waals surface area contributed by atoms with Crippen LogP contribution in [0.25, 0.3) is 11.0 Å². The minimum atomic E-state index is -0.975. The Labute approximate surface area is 162 Å². The number of amides is 1. The van der Waals surface area contributed by atoms with Crippen molar-refractivity contribution in [2.75, 3.05) is 5.32 Å². The number of anilines is 1. The molecule has 1 N–H and O–H groups in total. The number of para-hydroxylation sites is 1. The Hall–Kier alpha value is -3.41. The van der Waals surface area contributed by atoms with Crippen molar-refractivity contribution in [1.29, 1.82) is 0 Å². The molecule has 28 heavy (non-hydrogen) atoms. The summed E-state index contributed by atoms with van der Waals surface area (Å²) in [5.74, 6) is -1.23. The summed E-state index contributed by atoms with van der Waals surface area (Å²) in [6.07, 6.45) is -0.975. The van der Waals surface area contributed by atoms with Crippen LogP contribution >= 0.6 is 0 Å². The molecule has 0 spiro atoms. The van der Waals surface area contributed by atoms with Crippen molar-refractivity contribution in [3.63, 3.8) is 0 Å². The van der Waals surface area contributed by atoms with Crippen molar-refractivity contribution >= 4 is 34.3 Å². The molecule has 2 aromatic carbocycles. The van der Waals surface area contributed by atoms with E-state index >= 15 is 0 Å². The zero-order valence-corrected chi connectivity index (χ0v) is 15.9. The molecular weight excluding hydrogens is 358 g/mol. The maximum absolute atomic E-state index is 12.5. The lowest BCUT2D eigenvalue weighted by atomic mass is 10.1. The highest BCUT2D eigenvalue weighted by Crippen LogP contribution is 2.20. The number of fused-ring (bicyclic) bond motifs is 1. The molecule has 0 fully saturated rings. The lowest BCUT2D eigenvalue weighted by molar-refractivity contribution is -0.118. The van der Waals surface area contributed by atoms with E-state index in [9.17, 15) is 14.4 Å². The molecule has 1 atom stereocenters. The number of nitrogens with one attached hydrogen (secondary N) is 1. The van der Waals surface area contributed by atoms with Gasteiger partial charge in [-0.3, -0.25) is 9.59 Å². The molecule has 6 nitrogen and oxygen atoms in total. The van der Waals surface area contributed by atoms with Crippen LogP contribution in [0.1, 0.15) is 41.7 Å². The van der Waals surface area contributed by atoms with Crippen molar-refractivity contribution < 1.29 is 23.5 Å². The summed E-state index contributed by atoms with van der Waals surface area (Å²) in [6, 6.07) is 15.3. The molecule has 0 radical (unpaired) electrons. The van der Waals surface area contributed by atoms with Gasteiger partial charge in [-0.2, -0.15) is 0 Å². The van der Waals surface area contributed by atoms with Crippen molar-refractivity contribution in [2.24, 2.45) is 5.92 Å². The number of esters is 1. The van der Waals surface area contributed by atoms with E-state index in [-0.39, 0.29) is 23.4 Å². The van der Waals surface area contributed by atoms with Gasteiger partial charge in [0.1, 0.15) is 5.58 Å². The molecule has 0 unspecified atom stereocenters. The summed E-state index contributed by atoms with van der Waals surface area (Å²) in [5.41, 5.74) is 1.56. The Morgan fingerprint density at radius 2 is 1.64 bits per heavy atom. The highest BCUT2D eigenvalue weighted by molar-refractivity contribution is 6.02. The van der Waals surface area contributed by atoms with Crippen LogP contribution in [0.5, 0.6) is 0 Å². The third kappa shape index (κ3) is 4.28. The predicted molar refractivity (Wildman–Crippen MR) is 105 cm³/mol. The Bertz CT molecular complexity index is 984. The average Bonchev–Trinajstić information content (AvgIpc) is 3.12. The lowest BCUT2D eigenvalue weighted by Gasteiger charge is -2.12. The summed E-state index contributed by atoms with van der Waals surface area (Å²) >= 11 is 0. The first kappa shape index (κ1) is 19.4. The van der Waals surface area contributed by atoms with E-state index in [0.717, 1.165) is 5.39 Å². The number of ketones is 1. The zero-order chi connectivity index (χ0) is 20.3. The maximum Gasteiger partial charge on any atom is 0.374 e. The van der Waals surface area contributed by atoms with E-state index in [1.54, 1.807) is 56.3 Å². The summed E-state index contributed by atoms with van der Waals surface area (Å²) in [5, 5.41) is 3.54. The standard InChI is InChI=1S/C22H21NO5/c1-13(2)21(25)23-17-10-8-15(9-11-17)20(24)14(3)27-22(26)19-12-16-6-4-5-7-18(16)28-19/h4-14H,1-3H3,(H,23,25)/t14-/m0/s1. The summed E-state index contributed by atoms with van der Waals surface area (Å²) in [4.78, 5) is 36.5. The first-order valence-electron chi connectivity index (χ1n) is 9.00. The van der Waals surface area contributed by atoms with Crippen molar-refractivity contribution in [3.05, 3.63) is 65.9 Å². The molecule has 0 saturated heterocycles. The fourth-order valence-corrected chi connectivity index (χ4v) is 2.59. The van der Waals surface area contributed by atoms with Gasteiger partial charge in [0.05, 0.1) is 0 Å². The van der Waals surface area contributed by atoms with Gasteiger partial charge in [-0.25, -0.2) is 4.79 Å². The van der Waals surface area contributed by atoms with Crippen molar-refractivity contribution in [1.82, 2.24) is 0 Å². The molecule has 0 aliphatic carbocycles. The molecule has 6 heteroatoms. The SMILES string of the molecule is CC(C)C(=O)Nc1ccc(C(=O)[C@H](C)OC(=O)c2cc3ccccc3o2)cc1. The zero-order valence-electron chi connectivity index (χ0n) is 15.9. The molecule has 1 amide bonds. The van der Waals surface area contributed by atoms with Gasteiger partial charge in [0.25, 0.3) is 0 Å². The highest BCUT2D eigenvalue weighted by atomic mass is 16.6. The second kappa shape index (κ2) is 8.08. The topological polar surface area (TPSA) is 85.6 Å². The molecule has 0 saturated carbocycles. The minimum Gasteiger partial charge on any atom is -0.449 e. The number of benzene rings is 2. The number of carbonyl (C=O) groups is 3. The predicted octanol–water partition coefficient (Wildman–Crippen LogP) is 4.46. The quantitative estimate of drug-likeness (QED) is 0.505. The van der Waals surface area contributed by atoms with E-state index in [2.05, 4.69) is 5.32 Å². The monoisotopic (exact) mass is 379 g/mol. The van der Waals surface area contributed by atoms with E-state index in [1.165, 1.54) is 6.92 Å². The van der Waals surface area contributed by atoms with Crippen LogP contribution in [0, 0.1) is 5.92 Å². The number of ether oxygens (including phenoxy) is 1. The van der Waals surface area contributed by atoms with Crippen LogP contribution in [0.2, 0.25) is 0 Å². The highest BCUT2D eigenvalue weighted by Gasteiger charge is 2.22. The van der Waals surface area contributed by atoms with Gasteiger partial charge in [0, 0.05) is 22.6 Å². The Morgan fingerprint density at radius 3 is 2.29 bits per heavy atom. The number of Topliss-reactive ketones (excluding diaryl/α,β-unsaturated/α-hetero) is 1. The third-order valence-corrected chi connectivity index (χ3v) is 4.24. The maximum atomic E-state index is 12.5. The Morgan fingerprint density at radius 1 is 0.964 bits per heavy atom. The van der Waals surface area contributed by atoms with Gasteiger partial charge in [0.2, 0.25) is 17.5 Å². The van der Waals surface area contributed by atoms with Gasteiger partial charge in [-0.15, -0.1) is 0 Å². The van der Waals surface area contributed by atoms with Gasteiger partial charge in [-0.1, -0.05) is 32.0 Å². The largest absolute Gasteiger partial charge is 0.449 e. The van der Waals surface area contributed by atoms with E-state index in [4.69, 9.17) is 9.15 Å². The van der Waals surface area contributed by atoms with Crippen molar-refractivity contribution in [3.8, 4) is 0 Å². The van der Waals surface area contributed by atoms with E-state index < -0.39 is 12.1 Å². The molecule has 0 aliphatic rings. The minimum absolute atomic E-state index is 0.0487. The Kier molecular flexibility index (Phi) is 5.59. The van der Waals surface area contributed by atoms with Gasteiger partial charge in [-0.05, 0) is 43.3 Å². The molecule has 3 aromatic rings. The second-order valence-electron chi connectivity index (χ2n) is 6.78. The summed E-state index contributed by atoms with van der Waals surface area (Å²) < 4.78 is 10.7. The fraction of sp³-hybridized carbons (Fsp3) is 0.227. The van der Waals surface area contributed by atoms with Gasteiger partial charge in [0.15, 0.2) is 6.10 Å². The van der Waals surface area contributed by atoms with Crippen LogP contribution in [0.15, 0.2) is 59.0 Å². The smallest absolute Gasteiger partial charge is 0.374 e. The first-order chi connectivity index (χ1) is 13.3. The van der Waals surface area contributed by atoms with Crippen LogP contribution in [-0.2, 0) is 9.53 Å². The van der Waals surface area contributed by atoms with E-state index in [1.807, 2.05) is 12.1 Å². The van der Waals surface area contributed by atoms with Crippen LogP contribution in [0.4, 0.5) is 5.69 Å². The first-order valence-corrected chi connectivity index (χ1v) is 9.00. The summed E-state index contributed by atoms with van der Waals surface area (Å²) in [7, 11) is 0. The number of hydrogen-bond acceptors (Lipinski definition) is 5. The van der Waals surface area contributed by atoms with Gasteiger partial charge < -0.3 is 14.5 Å². The van der Waals surface area contributed by atoms with E-state index in [0.29, 0.717) is 16.8 Å². The van der Waals surface area contributed by atoms with Crippen molar-refractivity contribution in [2.45, 2.75) is 26.9 Å². The number of carbonyl (C=O) groups excluding carboxylic acids is 3. The molecule has 144 valence electrons. The molecule has 3 rings (SSSR count). The Balaban J connectivity index is 1.65. The van der Waals surface area contributed by atoms with Crippen LogP contribution in [0.3, 0.4) is 0 Å². The number of hydrogen-bond donors (Lipinski definition) is 1. The number of furan rings is 1. The molecule has 1 aromatic heterocycles. The number of rotatable bonds is 6. The normalized spacial score (nSPS) is 12.0. The fourth-order valence-electron chi connectivity index (χ4n) is 2.59. The molecule has 1 heterocycles. The molecular formula is C22H21NO5. The van der Waals surface area contributed by atoms with Gasteiger partial charge >= 0.3 is 5.97 Å². The second-order valence-corrected chi connectivity index (χ2v) is 6.78. The van der Waals surface area contributed by atoms with Crippen LogP contribution < -0.4 is 5.32 Å². The average molecular weight is 379 g/mol. The molecule has 0 bridgehead atoms. The summed E-state index contributed by atoms with van der Waals surface area (Å²) in [6.45, 7) is 5.11. The third-order valence-electron chi connectivity index (χ3n) is 4.24.